The highest BCUT2D eigenvalue weighted by Gasteiger charge is 2.43. The number of aromatic nitrogens is 5. The summed E-state index contributed by atoms with van der Waals surface area (Å²) in [5.74, 6) is -4.07. The number of halogens is 2. The van der Waals surface area contributed by atoms with E-state index in [9.17, 15) is 14.3 Å². The molecule has 4 unspecified atom stereocenters. The Kier molecular flexibility index (Phi) is 6.43. The summed E-state index contributed by atoms with van der Waals surface area (Å²) in [6, 6.07) is 2.67. The lowest BCUT2D eigenvalue weighted by atomic mass is 10.0. The van der Waals surface area contributed by atoms with Crippen molar-refractivity contribution in [3.63, 3.8) is 0 Å². The SMILES string of the molecule is C=C.CC(Nc1nc(-c2[nH]nc3ncc(F)cc23)nc(C2CC2C#N)c1F)C(C)C(=O)O. The number of hydrogen-bond donors (Lipinski definition) is 3. The zero-order valence-electron chi connectivity index (χ0n) is 17.4. The molecule has 0 spiro atoms. The number of aromatic amines is 1. The number of anilines is 1. The highest BCUT2D eigenvalue weighted by molar-refractivity contribution is 5.88. The molecule has 0 bridgehead atoms. The van der Waals surface area contributed by atoms with Crippen LogP contribution in [0.1, 0.15) is 31.9 Å². The molecule has 1 saturated carbocycles. The highest BCUT2D eigenvalue weighted by Crippen LogP contribution is 2.48. The average Bonchev–Trinajstić information content (AvgIpc) is 3.46. The second-order valence-electron chi connectivity index (χ2n) is 7.36. The van der Waals surface area contributed by atoms with Gasteiger partial charge in [-0.05, 0) is 26.3 Å². The molecular weight excluding hydrogens is 420 g/mol. The second-order valence-corrected chi connectivity index (χ2v) is 7.36. The number of nitriles is 1. The Hall–Kier alpha value is -3.94. The molecule has 166 valence electrons. The first-order valence-electron chi connectivity index (χ1n) is 9.76. The van der Waals surface area contributed by atoms with Gasteiger partial charge in [0, 0.05) is 12.0 Å². The number of carboxylic acids is 1. The molecule has 3 heterocycles. The predicted molar refractivity (Wildman–Crippen MR) is 112 cm³/mol. The van der Waals surface area contributed by atoms with Crippen LogP contribution in [0.2, 0.25) is 0 Å². The lowest BCUT2D eigenvalue weighted by Gasteiger charge is -2.19. The number of rotatable bonds is 6. The Bertz CT molecular complexity index is 1210. The Morgan fingerprint density at radius 3 is 2.72 bits per heavy atom. The molecule has 0 aliphatic heterocycles. The largest absolute Gasteiger partial charge is 0.481 e. The molecule has 0 radical (unpaired) electrons. The first kappa shape index (κ1) is 22.7. The normalized spacial score (nSPS) is 18.7. The summed E-state index contributed by atoms with van der Waals surface area (Å²) in [4.78, 5) is 23.6. The first-order chi connectivity index (χ1) is 15.3. The van der Waals surface area contributed by atoms with Crippen molar-refractivity contribution in [3.05, 3.63) is 42.7 Å². The van der Waals surface area contributed by atoms with Gasteiger partial charge in [-0.2, -0.15) is 10.4 Å². The lowest BCUT2D eigenvalue weighted by molar-refractivity contribution is -0.141. The minimum atomic E-state index is -1.04. The minimum Gasteiger partial charge on any atom is -0.481 e. The summed E-state index contributed by atoms with van der Waals surface area (Å²) in [5, 5.41) is 28.2. The summed E-state index contributed by atoms with van der Waals surface area (Å²) in [7, 11) is 0. The molecule has 9 nitrogen and oxygen atoms in total. The van der Waals surface area contributed by atoms with E-state index in [2.05, 4.69) is 49.7 Å². The topological polar surface area (TPSA) is 140 Å². The summed E-state index contributed by atoms with van der Waals surface area (Å²) in [5.41, 5.74) is 0.537. The fourth-order valence-electron chi connectivity index (χ4n) is 3.16. The number of nitrogens with one attached hydrogen (secondary N) is 2. The van der Waals surface area contributed by atoms with Crippen molar-refractivity contribution in [2.45, 2.75) is 32.2 Å². The van der Waals surface area contributed by atoms with Gasteiger partial charge >= 0.3 is 5.97 Å². The highest BCUT2D eigenvalue weighted by atomic mass is 19.1. The van der Waals surface area contributed by atoms with Gasteiger partial charge in [-0.15, -0.1) is 13.2 Å². The number of pyridine rings is 1. The van der Waals surface area contributed by atoms with E-state index >= 15 is 4.39 Å². The fraction of sp³-hybridized carbons (Fsp3) is 0.333. The summed E-state index contributed by atoms with van der Waals surface area (Å²) < 4.78 is 28.9. The van der Waals surface area contributed by atoms with Crippen molar-refractivity contribution >= 4 is 22.8 Å². The van der Waals surface area contributed by atoms with Gasteiger partial charge in [0.25, 0.3) is 0 Å². The Morgan fingerprint density at radius 1 is 1.38 bits per heavy atom. The van der Waals surface area contributed by atoms with Crippen LogP contribution < -0.4 is 5.32 Å². The zero-order valence-corrected chi connectivity index (χ0v) is 17.4. The molecule has 4 rings (SSSR count). The standard InChI is InChI=1S/C19H17F2N7O2.C2H4/c1-7(19(29)30)8(2)24-17-13(21)14(11-3-9(11)5-22)25-18(26-17)15-12-4-10(20)6-23-16(12)28-27-15;1-2/h4,6-9,11H,3H2,1-2H3,(H,29,30)(H,23,27,28)(H,24,25,26);1-2H2. The van der Waals surface area contributed by atoms with Gasteiger partial charge in [0.15, 0.2) is 23.1 Å². The van der Waals surface area contributed by atoms with Gasteiger partial charge in [-0.1, -0.05) is 0 Å². The van der Waals surface area contributed by atoms with E-state index in [0.717, 1.165) is 6.20 Å². The molecular formula is C21H21F2N7O2. The van der Waals surface area contributed by atoms with Crippen LogP contribution in [0.25, 0.3) is 22.6 Å². The van der Waals surface area contributed by atoms with E-state index in [-0.39, 0.29) is 34.6 Å². The summed E-state index contributed by atoms with van der Waals surface area (Å²) >= 11 is 0. The maximum atomic E-state index is 15.2. The number of H-pyrrole nitrogens is 1. The van der Waals surface area contributed by atoms with Crippen molar-refractivity contribution in [1.82, 2.24) is 25.1 Å². The first-order valence-corrected chi connectivity index (χ1v) is 9.76. The molecule has 0 saturated heterocycles. The van der Waals surface area contributed by atoms with Gasteiger partial charge in [0.2, 0.25) is 0 Å². The maximum Gasteiger partial charge on any atom is 0.308 e. The van der Waals surface area contributed by atoms with E-state index in [4.69, 9.17) is 5.26 Å². The van der Waals surface area contributed by atoms with Crippen molar-refractivity contribution in [1.29, 1.82) is 5.26 Å². The van der Waals surface area contributed by atoms with Gasteiger partial charge < -0.3 is 10.4 Å². The number of aliphatic carboxylic acids is 1. The summed E-state index contributed by atoms with van der Waals surface area (Å²) in [6.45, 7) is 9.09. The van der Waals surface area contributed by atoms with E-state index in [1.165, 1.54) is 13.0 Å². The van der Waals surface area contributed by atoms with Crippen LogP contribution in [-0.4, -0.2) is 42.3 Å². The summed E-state index contributed by atoms with van der Waals surface area (Å²) in [6.07, 6.45) is 1.48. The molecule has 4 atom stereocenters. The average molecular weight is 441 g/mol. The third-order valence-electron chi connectivity index (χ3n) is 5.29. The number of carboxylic acid groups (broad SMARTS) is 1. The molecule has 1 fully saturated rings. The van der Waals surface area contributed by atoms with Crippen molar-refractivity contribution in [3.8, 4) is 17.6 Å². The molecule has 0 aromatic carbocycles. The Morgan fingerprint density at radius 2 is 2.09 bits per heavy atom. The van der Waals surface area contributed by atoms with Gasteiger partial charge in [-0.25, -0.2) is 23.7 Å². The van der Waals surface area contributed by atoms with Crippen LogP contribution in [0.4, 0.5) is 14.6 Å². The van der Waals surface area contributed by atoms with E-state index in [1.54, 1.807) is 6.92 Å². The van der Waals surface area contributed by atoms with Gasteiger partial charge in [0.05, 0.1) is 35.2 Å². The molecule has 3 N–H and O–H groups in total. The Labute approximate surface area is 182 Å². The van der Waals surface area contributed by atoms with E-state index < -0.39 is 35.5 Å². The van der Waals surface area contributed by atoms with Crippen LogP contribution in [0.15, 0.2) is 25.4 Å². The van der Waals surface area contributed by atoms with Gasteiger partial charge in [0.1, 0.15) is 11.5 Å². The molecule has 0 amide bonds. The predicted octanol–water partition coefficient (Wildman–Crippen LogP) is 3.64. The fourth-order valence-corrected chi connectivity index (χ4v) is 3.16. The Balaban J connectivity index is 0.00000141. The van der Waals surface area contributed by atoms with Crippen LogP contribution in [0.5, 0.6) is 0 Å². The second kappa shape index (κ2) is 9.05. The molecule has 11 heteroatoms. The smallest absolute Gasteiger partial charge is 0.308 e. The van der Waals surface area contributed by atoms with Crippen molar-refractivity contribution in [2.24, 2.45) is 11.8 Å². The molecule has 3 aromatic heterocycles. The zero-order chi connectivity index (χ0) is 23.6. The molecule has 1 aliphatic rings. The van der Waals surface area contributed by atoms with Crippen molar-refractivity contribution < 1.29 is 18.7 Å². The maximum absolute atomic E-state index is 15.2. The number of nitrogens with zero attached hydrogens (tertiary/aromatic N) is 5. The monoisotopic (exact) mass is 441 g/mol. The van der Waals surface area contributed by atoms with Crippen LogP contribution in [0.3, 0.4) is 0 Å². The van der Waals surface area contributed by atoms with E-state index in [1.807, 2.05) is 0 Å². The molecule has 32 heavy (non-hydrogen) atoms. The van der Waals surface area contributed by atoms with E-state index in [0.29, 0.717) is 11.8 Å². The third kappa shape index (κ3) is 4.25. The van der Waals surface area contributed by atoms with Gasteiger partial charge in [-0.3, -0.25) is 9.89 Å². The van der Waals surface area contributed by atoms with Crippen molar-refractivity contribution in [2.75, 3.05) is 5.32 Å². The number of hydrogen-bond acceptors (Lipinski definition) is 7. The number of carbonyl (C=O) groups is 1. The van der Waals surface area contributed by atoms with Crippen LogP contribution >= 0.6 is 0 Å². The quantitative estimate of drug-likeness (QED) is 0.493. The number of fused-ring (bicyclic) bond motifs is 1. The molecule has 1 aliphatic carbocycles. The molecule has 3 aromatic rings. The van der Waals surface area contributed by atoms with Crippen LogP contribution in [-0.2, 0) is 4.79 Å². The minimum absolute atomic E-state index is 0.0440. The van der Waals surface area contributed by atoms with Crippen LogP contribution in [0, 0.1) is 34.8 Å². The lowest BCUT2D eigenvalue weighted by Crippen LogP contribution is -2.30. The third-order valence-corrected chi connectivity index (χ3v) is 5.29.